The Balaban J connectivity index is 1.53. The van der Waals surface area contributed by atoms with Crippen molar-refractivity contribution < 1.29 is 13.9 Å². The summed E-state index contributed by atoms with van der Waals surface area (Å²) in [7, 11) is 1.59. The third kappa shape index (κ3) is 4.33. The molecule has 146 valence electrons. The molecule has 7 nitrogen and oxygen atoms in total. The monoisotopic (exact) mass is 406 g/mol. The van der Waals surface area contributed by atoms with E-state index < -0.39 is 0 Å². The summed E-state index contributed by atoms with van der Waals surface area (Å²) >= 11 is 1.30. The van der Waals surface area contributed by atoms with Gasteiger partial charge in [0.05, 0.1) is 19.1 Å². The Morgan fingerprint density at radius 2 is 1.97 bits per heavy atom. The largest absolute Gasteiger partial charge is 0.497 e. The number of ether oxygens (including phenoxy) is 1. The van der Waals surface area contributed by atoms with Gasteiger partial charge in [0.2, 0.25) is 11.7 Å². The summed E-state index contributed by atoms with van der Waals surface area (Å²) in [5.41, 5.74) is 1.57. The Morgan fingerprint density at radius 3 is 2.72 bits per heavy atom. The molecule has 0 saturated carbocycles. The number of hydrogen-bond donors (Lipinski definition) is 1. The molecular formula is C21H18N4O3S. The van der Waals surface area contributed by atoms with Gasteiger partial charge >= 0.3 is 0 Å². The van der Waals surface area contributed by atoms with Gasteiger partial charge in [0.15, 0.2) is 10.9 Å². The fourth-order valence-electron chi connectivity index (χ4n) is 2.77. The maximum absolute atomic E-state index is 12.4. The highest BCUT2D eigenvalue weighted by Gasteiger charge is 2.18. The molecule has 2 aromatic heterocycles. The highest BCUT2D eigenvalue weighted by molar-refractivity contribution is 7.99. The summed E-state index contributed by atoms with van der Waals surface area (Å²) in [6.07, 6.45) is 1.59. The molecule has 0 unspecified atom stereocenters. The predicted octanol–water partition coefficient (Wildman–Crippen LogP) is 4.27. The van der Waals surface area contributed by atoms with Crippen molar-refractivity contribution >= 4 is 23.4 Å². The summed E-state index contributed by atoms with van der Waals surface area (Å²) < 4.78 is 12.6. The molecule has 2 heterocycles. The first-order valence-electron chi connectivity index (χ1n) is 8.86. The van der Waals surface area contributed by atoms with E-state index in [1.54, 1.807) is 25.5 Å². The lowest BCUT2D eigenvalue weighted by molar-refractivity contribution is -0.113. The average Bonchev–Trinajstić information content (AvgIpc) is 3.42. The van der Waals surface area contributed by atoms with Gasteiger partial charge in [0.1, 0.15) is 5.75 Å². The number of hydrogen-bond acceptors (Lipinski definition) is 6. The summed E-state index contributed by atoms with van der Waals surface area (Å²) in [6, 6.07) is 20.6. The van der Waals surface area contributed by atoms with Gasteiger partial charge in [-0.25, -0.2) is 0 Å². The number of para-hydroxylation sites is 1. The van der Waals surface area contributed by atoms with Crippen molar-refractivity contribution in [1.29, 1.82) is 0 Å². The van der Waals surface area contributed by atoms with E-state index >= 15 is 0 Å². The molecule has 0 aliphatic heterocycles. The van der Waals surface area contributed by atoms with Crippen LogP contribution in [0.3, 0.4) is 0 Å². The SMILES string of the molecule is COc1cccc(NC(=O)CSc2nnc(-c3ccco3)n2-c2ccccc2)c1. The van der Waals surface area contributed by atoms with Crippen LogP contribution in [0.5, 0.6) is 5.75 Å². The molecule has 8 heteroatoms. The van der Waals surface area contributed by atoms with Crippen LogP contribution in [0.1, 0.15) is 0 Å². The number of carbonyl (C=O) groups excluding carboxylic acids is 1. The number of furan rings is 1. The van der Waals surface area contributed by atoms with Crippen molar-refractivity contribution in [1.82, 2.24) is 14.8 Å². The molecule has 0 bridgehead atoms. The maximum Gasteiger partial charge on any atom is 0.234 e. The standard InChI is InChI=1S/C21H18N4O3S/c1-27-17-10-5-7-15(13-17)22-19(26)14-29-21-24-23-20(18-11-6-12-28-18)25(21)16-8-3-2-4-9-16/h2-13H,14H2,1H3,(H,22,26). The van der Waals surface area contributed by atoms with Gasteiger partial charge in [-0.15, -0.1) is 10.2 Å². The second-order valence-corrected chi connectivity index (χ2v) is 6.97. The average molecular weight is 406 g/mol. The molecule has 4 aromatic rings. The number of rotatable bonds is 7. The topological polar surface area (TPSA) is 82.2 Å². The van der Waals surface area contributed by atoms with Gasteiger partial charge in [-0.3, -0.25) is 9.36 Å². The quantitative estimate of drug-likeness (QED) is 0.462. The molecule has 29 heavy (non-hydrogen) atoms. The molecule has 0 atom stereocenters. The van der Waals surface area contributed by atoms with Crippen LogP contribution in [0.2, 0.25) is 0 Å². The molecule has 0 fully saturated rings. The maximum atomic E-state index is 12.4. The number of anilines is 1. The first kappa shape index (κ1) is 18.8. The number of nitrogens with zero attached hydrogens (tertiary/aromatic N) is 3. The van der Waals surface area contributed by atoms with Gasteiger partial charge in [0.25, 0.3) is 0 Å². The zero-order chi connectivity index (χ0) is 20.1. The van der Waals surface area contributed by atoms with Gasteiger partial charge in [-0.2, -0.15) is 0 Å². The lowest BCUT2D eigenvalue weighted by Gasteiger charge is -2.09. The smallest absolute Gasteiger partial charge is 0.234 e. The Hall–Kier alpha value is -3.52. The molecule has 4 rings (SSSR count). The summed E-state index contributed by atoms with van der Waals surface area (Å²) in [6.45, 7) is 0. The fraction of sp³-hybridized carbons (Fsp3) is 0.0952. The third-order valence-corrected chi connectivity index (χ3v) is 5.00. The molecular weight excluding hydrogens is 388 g/mol. The molecule has 0 aliphatic rings. The zero-order valence-corrected chi connectivity index (χ0v) is 16.4. The van der Waals surface area contributed by atoms with E-state index in [2.05, 4.69) is 15.5 Å². The van der Waals surface area contributed by atoms with Crippen LogP contribution >= 0.6 is 11.8 Å². The van der Waals surface area contributed by atoms with Gasteiger partial charge < -0.3 is 14.5 Å². The lowest BCUT2D eigenvalue weighted by atomic mass is 10.3. The van der Waals surface area contributed by atoms with Gasteiger partial charge in [-0.05, 0) is 36.4 Å². The summed E-state index contributed by atoms with van der Waals surface area (Å²) in [5, 5.41) is 12.0. The van der Waals surface area contributed by atoms with E-state index in [1.165, 1.54) is 11.8 Å². The van der Waals surface area contributed by atoms with Crippen molar-refractivity contribution in [3.8, 4) is 23.0 Å². The van der Waals surface area contributed by atoms with Crippen LogP contribution in [0.25, 0.3) is 17.3 Å². The third-order valence-electron chi connectivity index (χ3n) is 4.08. The minimum atomic E-state index is -0.148. The van der Waals surface area contributed by atoms with Crippen LogP contribution in [-0.4, -0.2) is 33.5 Å². The Morgan fingerprint density at radius 1 is 1.10 bits per heavy atom. The van der Waals surface area contributed by atoms with E-state index in [-0.39, 0.29) is 11.7 Å². The zero-order valence-electron chi connectivity index (χ0n) is 15.6. The highest BCUT2D eigenvalue weighted by Crippen LogP contribution is 2.28. The van der Waals surface area contributed by atoms with Crippen molar-refractivity contribution in [3.05, 3.63) is 73.0 Å². The molecule has 0 aliphatic carbocycles. The predicted molar refractivity (Wildman–Crippen MR) is 111 cm³/mol. The first-order chi connectivity index (χ1) is 14.2. The fourth-order valence-corrected chi connectivity index (χ4v) is 3.52. The summed E-state index contributed by atoms with van der Waals surface area (Å²) in [4.78, 5) is 12.4. The van der Waals surface area contributed by atoms with E-state index in [1.807, 2.05) is 59.2 Å². The van der Waals surface area contributed by atoms with E-state index in [0.717, 1.165) is 5.69 Å². The van der Waals surface area contributed by atoms with Crippen LogP contribution in [-0.2, 0) is 4.79 Å². The van der Waals surface area contributed by atoms with Crippen LogP contribution in [0, 0.1) is 0 Å². The Kier molecular flexibility index (Phi) is 5.62. The normalized spacial score (nSPS) is 10.7. The van der Waals surface area contributed by atoms with Crippen LogP contribution in [0.15, 0.2) is 82.6 Å². The van der Waals surface area contributed by atoms with E-state index in [0.29, 0.717) is 28.2 Å². The summed E-state index contributed by atoms with van der Waals surface area (Å²) in [5.74, 6) is 1.90. The second kappa shape index (κ2) is 8.66. The molecule has 2 aromatic carbocycles. The van der Waals surface area contributed by atoms with E-state index in [4.69, 9.17) is 9.15 Å². The van der Waals surface area contributed by atoms with Crippen LogP contribution < -0.4 is 10.1 Å². The molecule has 1 amide bonds. The molecule has 0 radical (unpaired) electrons. The van der Waals surface area contributed by atoms with Crippen molar-refractivity contribution in [3.63, 3.8) is 0 Å². The van der Waals surface area contributed by atoms with Gasteiger partial charge in [0, 0.05) is 17.4 Å². The lowest BCUT2D eigenvalue weighted by Crippen LogP contribution is -2.14. The Bertz CT molecular complexity index is 1090. The molecule has 0 spiro atoms. The number of nitrogens with one attached hydrogen (secondary N) is 1. The van der Waals surface area contributed by atoms with Gasteiger partial charge in [-0.1, -0.05) is 36.0 Å². The Labute approximate surface area is 171 Å². The number of carbonyl (C=O) groups is 1. The van der Waals surface area contributed by atoms with Crippen molar-refractivity contribution in [2.24, 2.45) is 0 Å². The molecule has 0 saturated heterocycles. The number of aromatic nitrogens is 3. The number of benzene rings is 2. The number of amides is 1. The van der Waals surface area contributed by atoms with Crippen molar-refractivity contribution in [2.75, 3.05) is 18.2 Å². The number of thioether (sulfide) groups is 1. The number of methoxy groups -OCH3 is 1. The highest BCUT2D eigenvalue weighted by atomic mass is 32.2. The first-order valence-corrected chi connectivity index (χ1v) is 9.84. The molecule has 1 N–H and O–H groups in total. The van der Waals surface area contributed by atoms with Crippen LogP contribution in [0.4, 0.5) is 5.69 Å². The minimum absolute atomic E-state index is 0.148. The van der Waals surface area contributed by atoms with Crippen molar-refractivity contribution in [2.45, 2.75) is 5.16 Å². The second-order valence-electron chi connectivity index (χ2n) is 6.02. The van der Waals surface area contributed by atoms with E-state index in [9.17, 15) is 4.79 Å². The minimum Gasteiger partial charge on any atom is -0.497 e.